The Bertz CT molecular complexity index is 1430. The van der Waals surface area contributed by atoms with E-state index in [1.54, 1.807) is 42.3 Å². The second-order valence-electron chi connectivity index (χ2n) is 7.40. The number of ether oxygens (including phenoxy) is 2. The van der Waals surface area contributed by atoms with E-state index in [0.29, 0.717) is 22.9 Å². The van der Waals surface area contributed by atoms with Crippen molar-refractivity contribution in [1.82, 2.24) is 20.3 Å². The third-order valence-corrected chi connectivity index (χ3v) is 6.42. The van der Waals surface area contributed by atoms with Crippen LogP contribution in [-0.2, 0) is 16.6 Å². The van der Waals surface area contributed by atoms with Gasteiger partial charge in [0.25, 0.3) is 15.9 Å². The third-order valence-electron chi connectivity index (χ3n) is 5.04. The molecule has 0 atom stereocenters. The number of aromatic nitrogens is 3. The van der Waals surface area contributed by atoms with Crippen molar-refractivity contribution in [2.24, 2.45) is 0 Å². The fraction of sp³-hybridized carbons (Fsp3) is 0.125. The molecule has 1 aromatic heterocycles. The Balaban J connectivity index is 1.42. The maximum Gasteiger partial charge on any atom is 0.261 e. The molecule has 0 saturated carbocycles. The summed E-state index contributed by atoms with van der Waals surface area (Å²) < 4.78 is 39.9. The molecule has 10 nitrogen and oxygen atoms in total. The number of sulfonamides is 1. The lowest BCUT2D eigenvalue weighted by Crippen LogP contribution is -2.23. The first-order chi connectivity index (χ1) is 16.9. The number of anilines is 1. The number of nitrogens with zero attached hydrogens (tertiary/aromatic N) is 3. The average Bonchev–Trinajstić information content (AvgIpc) is 3.37. The minimum atomic E-state index is -3.90. The van der Waals surface area contributed by atoms with Crippen molar-refractivity contribution < 1.29 is 22.7 Å². The van der Waals surface area contributed by atoms with Crippen LogP contribution in [0.1, 0.15) is 16.1 Å². The minimum Gasteiger partial charge on any atom is -0.497 e. The van der Waals surface area contributed by atoms with E-state index in [2.05, 4.69) is 20.4 Å². The van der Waals surface area contributed by atoms with E-state index in [-0.39, 0.29) is 17.0 Å². The van der Waals surface area contributed by atoms with E-state index in [1.807, 2.05) is 24.3 Å². The topological polar surface area (TPSA) is 124 Å². The van der Waals surface area contributed by atoms with Crippen LogP contribution in [-0.4, -0.2) is 43.5 Å². The lowest BCUT2D eigenvalue weighted by atomic mass is 10.2. The van der Waals surface area contributed by atoms with E-state index in [1.165, 1.54) is 31.4 Å². The zero-order valence-corrected chi connectivity index (χ0v) is 19.8. The number of carbonyl (C=O) groups excluding carboxylic acids is 1. The van der Waals surface area contributed by atoms with Gasteiger partial charge >= 0.3 is 0 Å². The summed E-state index contributed by atoms with van der Waals surface area (Å²) in [5, 5.41) is 10.9. The van der Waals surface area contributed by atoms with Crippen LogP contribution >= 0.6 is 0 Å². The maximum absolute atomic E-state index is 12.8. The number of benzene rings is 3. The third kappa shape index (κ3) is 5.76. The van der Waals surface area contributed by atoms with Crippen molar-refractivity contribution >= 4 is 21.6 Å². The fourth-order valence-corrected chi connectivity index (χ4v) is 4.31. The van der Waals surface area contributed by atoms with Crippen LogP contribution in [0.2, 0.25) is 0 Å². The van der Waals surface area contributed by atoms with Crippen LogP contribution in [0.5, 0.6) is 11.5 Å². The average molecular weight is 494 g/mol. The van der Waals surface area contributed by atoms with Gasteiger partial charge in [0.1, 0.15) is 17.2 Å². The molecule has 0 aliphatic heterocycles. The van der Waals surface area contributed by atoms with Gasteiger partial charge in [-0.2, -0.15) is 0 Å². The Morgan fingerprint density at radius 1 is 0.943 bits per heavy atom. The monoisotopic (exact) mass is 493 g/mol. The molecule has 0 spiro atoms. The zero-order valence-electron chi connectivity index (χ0n) is 19.0. The molecule has 4 aromatic rings. The molecule has 1 heterocycles. The highest BCUT2D eigenvalue weighted by Gasteiger charge is 2.17. The Hall–Kier alpha value is -4.38. The van der Waals surface area contributed by atoms with Gasteiger partial charge < -0.3 is 14.8 Å². The first-order valence-corrected chi connectivity index (χ1v) is 12.0. The molecule has 0 radical (unpaired) electrons. The highest BCUT2D eigenvalue weighted by Crippen LogP contribution is 2.20. The van der Waals surface area contributed by atoms with E-state index in [4.69, 9.17) is 9.47 Å². The van der Waals surface area contributed by atoms with Crippen molar-refractivity contribution in [3.8, 4) is 17.2 Å². The van der Waals surface area contributed by atoms with Crippen LogP contribution in [0, 0.1) is 0 Å². The van der Waals surface area contributed by atoms with Crippen LogP contribution in [0.3, 0.4) is 0 Å². The molecular weight excluding hydrogens is 470 g/mol. The van der Waals surface area contributed by atoms with Crippen LogP contribution in [0.15, 0.2) is 83.9 Å². The predicted molar refractivity (Wildman–Crippen MR) is 129 cm³/mol. The second kappa shape index (κ2) is 10.3. The molecule has 180 valence electrons. The van der Waals surface area contributed by atoms with Crippen molar-refractivity contribution in [2.45, 2.75) is 11.4 Å². The predicted octanol–water partition coefficient (Wildman–Crippen LogP) is 3.02. The maximum atomic E-state index is 12.8. The smallest absolute Gasteiger partial charge is 0.261 e. The molecule has 0 unspecified atom stereocenters. The van der Waals surface area contributed by atoms with Gasteiger partial charge in [0.05, 0.1) is 37.5 Å². The zero-order chi connectivity index (χ0) is 24.8. The van der Waals surface area contributed by atoms with Gasteiger partial charge in [0, 0.05) is 17.3 Å². The van der Waals surface area contributed by atoms with E-state index in [9.17, 15) is 13.2 Å². The molecule has 35 heavy (non-hydrogen) atoms. The number of methoxy groups -OCH3 is 2. The number of nitrogens with one attached hydrogen (secondary N) is 2. The van der Waals surface area contributed by atoms with E-state index >= 15 is 0 Å². The van der Waals surface area contributed by atoms with Gasteiger partial charge in [-0.15, -0.1) is 5.10 Å². The van der Waals surface area contributed by atoms with Crippen LogP contribution < -0.4 is 19.5 Å². The molecule has 0 saturated heterocycles. The summed E-state index contributed by atoms with van der Waals surface area (Å²) in [6.07, 6.45) is 1.69. The number of hydrogen-bond donors (Lipinski definition) is 2. The highest BCUT2D eigenvalue weighted by molar-refractivity contribution is 7.92. The lowest BCUT2D eigenvalue weighted by molar-refractivity contribution is 0.0950. The molecule has 4 rings (SSSR count). The Labute approximate surface area is 202 Å². The summed E-state index contributed by atoms with van der Waals surface area (Å²) in [5.74, 6) is 0.849. The van der Waals surface area contributed by atoms with Gasteiger partial charge in [-0.25, -0.2) is 13.1 Å². The van der Waals surface area contributed by atoms with E-state index < -0.39 is 15.9 Å². The van der Waals surface area contributed by atoms with Gasteiger partial charge in [0.15, 0.2) is 0 Å². The number of rotatable bonds is 9. The summed E-state index contributed by atoms with van der Waals surface area (Å²) in [7, 11) is -0.789. The SMILES string of the molecule is COc1ccc(NS(=O)(=O)c2cccc(C(=O)NCc3cn(-c4cccc(OC)c4)nn3)c2)cc1. The summed E-state index contributed by atoms with van der Waals surface area (Å²) in [4.78, 5) is 12.6. The van der Waals surface area contributed by atoms with Crippen molar-refractivity contribution in [1.29, 1.82) is 0 Å². The molecule has 1 amide bonds. The van der Waals surface area contributed by atoms with E-state index in [0.717, 1.165) is 5.69 Å². The van der Waals surface area contributed by atoms with Gasteiger partial charge in [0.2, 0.25) is 0 Å². The molecule has 0 fully saturated rings. The Morgan fingerprint density at radius 2 is 1.69 bits per heavy atom. The molecule has 3 aromatic carbocycles. The standard InChI is InChI=1S/C24H23N5O5S/c1-33-21-11-9-18(10-12-21)27-35(31,32)23-8-3-5-17(13-23)24(30)25-15-19-16-29(28-26-19)20-6-4-7-22(14-20)34-2/h3-14,16,27H,15H2,1-2H3,(H,25,30). The van der Waals surface area contributed by atoms with Crippen molar-refractivity contribution in [2.75, 3.05) is 18.9 Å². The summed E-state index contributed by atoms with van der Waals surface area (Å²) in [5.41, 5.74) is 1.87. The normalized spacial score (nSPS) is 11.0. The molecule has 11 heteroatoms. The van der Waals surface area contributed by atoms with Gasteiger partial charge in [-0.3, -0.25) is 9.52 Å². The highest BCUT2D eigenvalue weighted by atomic mass is 32.2. The first-order valence-electron chi connectivity index (χ1n) is 10.5. The lowest BCUT2D eigenvalue weighted by Gasteiger charge is -2.10. The quantitative estimate of drug-likeness (QED) is 0.367. The van der Waals surface area contributed by atoms with Gasteiger partial charge in [-0.05, 0) is 54.6 Å². The first kappa shape index (κ1) is 23.8. The second-order valence-corrected chi connectivity index (χ2v) is 9.08. The number of hydrogen-bond acceptors (Lipinski definition) is 7. The minimum absolute atomic E-state index is 0.0371. The summed E-state index contributed by atoms with van der Waals surface area (Å²) in [6, 6.07) is 19.6. The largest absolute Gasteiger partial charge is 0.497 e. The summed E-state index contributed by atoms with van der Waals surface area (Å²) >= 11 is 0. The summed E-state index contributed by atoms with van der Waals surface area (Å²) in [6.45, 7) is 0.115. The molecule has 0 aliphatic rings. The number of carbonyl (C=O) groups is 1. The Kier molecular flexibility index (Phi) is 6.97. The number of amides is 1. The van der Waals surface area contributed by atoms with Crippen molar-refractivity contribution in [3.63, 3.8) is 0 Å². The molecule has 0 bridgehead atoms. The molecule has 0 aliphatic carbocycles. The van der Waals surface area contributed by atoms with Crippen LogP contribution in [0.4, 0.5) is 5.69 Å². The molecule has 2 N–H and O–H groups in total. The fourth-order valence-electron chi connectivity index (χ4n) is 3.21. The van der Waals surface area contributed by atoms with Crippen molar-refractivity contribution in [3.05, 3.63) is 90.3 Å². The Morgan fingerprint density at radius 3 is 2.43 bits per heavy atom. The molecular formula is C24H23N5O5S. The van der Waals surface area contributed by atoms with Crippen LogP contribution in [0.25, 0.3) is 5.69 Å². The van der Waals surface area contributed by atoms with Gasteiger partial charge in [-0.1, -0.05) is 17.3 Å².